The molecule has 1 aliphatic heterocycles. The van der Waals surface area contributed by atoms with Crippen LogP contribution < -0.4 is 5.73 Å². The van der Waals surface area contributed by atoms with Crippen molar-refractivity contribution in [2.24, 2.45) is 11.7 Å². The van der Waals surface area contributed by atoms with Crippen molar-refractivity contribution in [1.29, 1.82) is 0 Å². The van der Waals surface area contributed by atoms with Crippen molar-refractivity contribution in [2.45, 2.75) is 19.5 Å². The topological polar surface area (TPSA) is 72.6 Å². The van der Waals surface area contributed by atoms with Crippen LogP contribution in [0.2, 0.25) is 0 Å². The molecule has 1 amide bonds. The van der Waals surface area contributed by atoms with Crippen molar-refractivity contribution in [3.63, 3.8) is 0 Å². The Hall–Kier alpha value is -1.88. The van der Waals surface area contributed by atoms with Crippen LogP contribution in [0.4, 0.5) is 0 Å². The third-order valence-electron chi connectivity index (χ3n) is 3.35. The first kappa shape index (κ1) is 13.5. The Morgan fingerprint density at radius 1 is 1.47 bits per heavy atom. The number of nitrogens with two attached hydrogens (primary N) is 1. The van der Waals surface area contributed by atoms with Crippen molar-refractivity contribution in [3.8, 4) is 0 Å². The smallest absolute Gasteiger partial charge is 0.310 e. The van der Waals surface area contributed by atoms with Gasteiger partial charge in [-0.3, -0.25) is 9.59 Å². The molecule has 0 aromatic heterocycles. The zero-order chi connectivity index (χ0) is 13.8. The molecular formula is C14H18N2O3. The van der Waals surface area contributed by atoms with Crippen LogP contribution in [0.25, 0.3) is 0 Å². The van der Waals surface area contributed by atoms with Gasteiger partial charge in [-0.1, -0.05) is 24.3 Å². The summed E-state index contributed by atoms with van der Waals surface area (Å²) in [5, 5.41) is 0. The van der Waals surface area contributed by atoms with Gasteiger partial charge in [0.15, 0.2) is 0 Å². The molecule has 1 atom stereocenters. The van der Waals surface area contributed by atoms with Gasteiger partial charge in [0, 0.05) is 26.1 Å². The van der Waals surface area contributed by atoms with E-state index in [-0.39, 0.29) is 24.2 Å². The number of amides is 1. The van der Waals surface area contributed by atoms with Gasteiger partial charge in [0.2, 0.25) is 5.91 Å². The normalized spacial score (nSPS) is 18.7. The number of likely N-dealkylation sites (tertiary alicyclic amines) is 1. The van der Waals surface area contributed by atoms with Crippen LogP contribution >= 0.6 is 0 Å². The van der Waals surface area contributed by atoms with Gasteiger partial charge in [-0.25, -0.2) is 0 Å². The highest BCUT2D eigenvalue weighted by atomic mass is 16.5. The summed E-state index contributed by atoms with van der Waals surface area (Å²) in [6.07, 6.45) is 0.239. The molecule has 0 radical (unpaired) electrons. The van der Waals surface area contributed by atoms with Crippen LogP contribution in [0.3, 0.4) is 0 Å². The second kappa shape index (κ2) is 5.84. The number of esters is 1. The minimum Gasteiger partial charge on any atom is -0.469 e. The molecule has 1 aliphatic rings. The van der Waals surface area contributed by atoms with Gasteiger partial charge in [0.1, 0.15) is 0 Å². The first-order chi connectivity index (χ1) is 9.13. The molecule has 1 aromatic rings. The monoisotopic (exact) mass is 262 g/mol. The number of methoxy groups -OCH3 is 1. The van der Waals surface area contributed by atoms with E-state index in [1.807, 2.05) is 24.3 Å². The molecule has 0 bridgehead atoms. The Bertz CT molecular complexity index is 487. The summed E-state index contributed by atoms with van der Waals surface area (Å²) < 4.78 is 4.68. The molecule has 5 nitrogen and oxygen atoms in total. The Morgan fingerprint density at radius 3 is 2.89 bits per heavy atom. The van der Waals surface area contributed by atoms with Gasteiger partial charge >= 0.3 is 5.97 Å². The molecule has 1 saturated heterocycles. The number of hydrogen-bond donors (Lipinski definition) is 1. The minimum atomic E-state index is -0.338. The largest absolute Gasteiger partial charge is 0.469 e. The minimum absolute atomic E-state index is 0.00597. The van der Waals surface area contributed by atoms with Crippen LogP contribution in [0, 0.1) is 5.92 Å². The Morgan fingerprint density at radius 2 is 2.21 bits per heavy atom. The zero-order valence-corrected chi connectivity index (χ0v) is 11.0. The predicted molar refractivity (Wildman–Crippen MR) is 69.9 cm³/mol. The van der Waals surface area contributed by atoms with Gasteiger partial charge in [0.25, 0.3) is 0 Å². The fourth-order valence-corrected chi connectivity index (χ4v) is 2.32. The molecule has 1 aromatic carbocycles. The molecular weight excluding hydrogens is 244 g/mol. The number of benzene rings is 1. The number of carbonyl (C=O) groups is 2. The van der Waals surface area contributed by atoms with E-state index in [2.05, 4.69) is 4.74 Å². The lowest BCUT2D eigenvalue weighted by Crippen LogP contribution is -2.26. The average Bonchev–Trinajstić information content (AvgIpc) is 2.79. The maximum atomic E-state index is 11.9. The third-order valence-corrected chi connectivity index (χ3v) is 3.35. The Kier molecular flexibility index (Phi) is 4.16. The van der Waals surface area contributed by atoms with Gasteiger partial charge in [0.05, 0.1) is 13.0 Å². The van der Waals surface area contributed by atoms with E-state index < -0.39 is 0 Å². The maximum Gasteiger partial charge on any atom is 0.310 e. The summed E-state index contributed by atoms with van der Waals surface area (Å²) in [6, 6.07) is 7.82. The standard InChI is InChI=1S/C14H18N2O3/c1-19-14(18)12-6-13(17)16(9-12)8-11-4-2-3-10(5-11)7-15/h2-5,12H,6-9,15H2,1H3. The Labute approximate surface area is 112 Å². The molecule has 1 heterocycles. The van der Waals surface area contributed by atoms with Crippen molar-refractivity contribution >= 4 is 11.9 Å². The molecule has 0 spiro atoms. The fourth-order valence-electron chi connectivity index (χ4n) is 2.32. The molecule has 2 N–H and O–H groups in total. The van der Waals surface area contributed by atoms with E-state index >= 15 is 0 Å². The number of carbonyl (C=O) groups excluding carboxylic acids is 2. The molecule has 0 saturated carbocycles. The summed E-state index contributed by atoms with van der Waals surface area (Å²) in [7, 11) is 1.35. The maximum absolute atomic E-state index is 11.9. The summed E-state index contributed by atoms with van der Waals surface area (Å²) in [5.74, 6) is -0.657. The highest BCUT2D eigenvalue weighted by molar-refractivity contribution is 5.86. The van der Waals surface area contributed by atoms with E-state index in [1.54, 1.807) is 4.90 Å². The van der Waals surface area contributed by atoms with Crippen molar-refractivity contribution in [3.05, 3.63) is 35.4 Å². The van der Waals surface area contributed by atoms with Gasteiger partial charge in [-0.05, 0) is 11.1 Å². The molecule has 19 heavy (non-hydrogen) atoms. The predicted octanol–water partition coefficient (Wildman–Crippen LogP) is 0.667. The van der Waals surface area contributed by atoms with E-state index in [1.165, 1.54) is 7.11 Å². The van der Waals surface area contributed by atoms with Gasteiger partial charge < -0.3 is 15.4 Å². The molecule has 0 aliphatic carbocycles. The van der Waals surface area contributed by atoms with Gasteiger partial charge in [-0.2, -0.15) is 0 Å². The van der Waals surface area contributed by atoms with Crippen LogP contribution in [0.5, 0.6) is 0 Å². The summed E-state index contributed by atoms with van der Waals surface area (Å²) in [4.78, 5) is 25.0. The van der Waals surface area contributed by atoms with Crippen LogP contribution in [-0.2, 0) is 27.4 Å². The average molecular weight is 262 g/mol. The van der Waals surface area contributed by atoms with Crippen LogP contribution in [0.1, 0.15) is 17.5 Å². The number of nitrogens with zero attached hydrogens (tertiary/aromatic N) is 1. The van der Waals surface area contributed by atoms with E-state index in [0.717, 1.165) is 11.1 Å². The van der Waals surface area contributed by atoms with Gasteiger partial charge in [-0.15, -0.1) is 0 Å². The number of hydrogen-bond acceptors (Lipinski definition) is 4. The summed E-state index contributed by atoms with van der Waals surface area (Å²) >= 11 is 0. The highest BCUT2D eigenvalue weighted by Crippen LogP contribution is 2.21. The lowest BCUT2D eigenvalue weighted by Gasteiger charge is -2.16. The molecule has 2 rings (SSSR count). The second-order valence-electron chi connectivity index (χ2n) is 4.72. The van der Waals surface area contributed by atoms with Crippen molar-refractivity contribution in [2.75, 3.05) is 13.7 Å². The Balaban J connectivity index is 2.03. The van der Waals surface area contributed by atoms with E-state index in [9.17, 15) is 9.59 Å². The highest BCUT2D eigenvalue weighted by Gasteiger charge is 2.34. The van der Waals surface area contributed by atoms with E-state index in [0.29, 0.717) is 19.6 Å². The lowest BCUT2D eigenvalue weighted by molar-refractivity contribution is -0.145. The summed E-state index contributed by atoms with van der Waals surface area (Å²) in [5.41, 5.74) is 7.66. The first-order valence-electron chi connectivity index (χ1n) is 6.27. The first-order valence-corrected chi connectivity index (χ1v) is 6.27. The number of ether oxygens (including phenoxy) is 1. The van der Waals surface area contributed by atoms with Crippen LogP contribution in [-0.4, -0.2) is 30.4 Å². The summed E-state index contributed by atoms with van der Waals surface area (Å²) in [6.45, 7) is 1.42. The fraction of sp³-hybridized carbons (Fsp3) is 0.429. The van der Waals surface area contributed by atoms with Crippen LogP contribution in [0.15, 0.2) is 24.3 Å². The molecule has 102 valence electrons. The molecule has 1 unspecified atom stereocenters. The quantitative estimate of drug-likeness (QED) is 0.809. The lowest BCUT2D eigenvalue weighted by atomic mass is 10.1. The van der Waals surface area contributed by atoms with Crippen molar-refractivity contribution < 1.29 is 14.3 Å². The zero-order valence-electron chi connectivity index (χ0n) is 11.0. The molecule has 1 fully saturated rings. The molecule has 5 heteroatoms. The third kappa shape index (κ3) is 3.12. The second-order valence-corrected chi connectivity index (χ2v) is 4.72. The number of rotatable bonds is 4. The van der Waals surface area contributed by atoms with E-state index in [4.69, 9.17) is 5.73 Å². The van der Waals surface area contributed by atoms with Crippen molar-refractivity contribution in [1.82, 2.24) is 4.90 Å². The SMILES string of the molecule is COC(=O)C1CC(=O)N(Cc2cccc(CN)c2)C1.